The van der Waals surface area contributed by atoms with Crippen LogP contribution in [0.15, 0.2) is 60.8 Å². The molecule has 2 aromatic carbocycles. The van der Waals surface area contributed by atoms with Crippen molar-refractivity contribution in [1.82, 2.24) is 14.4 Å². The van der Waals surface area contributed by atoms with Crippen LogP contribution in [0.1, 0.15) is 36.5 Å². The first kappa shape index (κ1) is 21.4. The molecule has 0 radical (unpaired) electrons. The number of nitrogens with zero attached hydrogens (tertiary/aromatic N) is 3. The van der Waals surface area contributed by atoms with Crippen molar-refractivity contribution in [2.24, 2.45) is 0 Å². The maximum atomic E-state index is 13.3. The van der Waals surface area contributed by atoms with Crippen molar-refractivity contribution >= 4 is 34.3 Å². The Labute approximate surface area is 188 Å². The Morgan fingerprint density at radius 1 is 1.06 bits per heavy atom. The Bertz CT molecular complexity index is 1060. The van der Waals surface area contributed by atoms with Gasteiger partial charge >= 0.3 is 0 Å². The van der Waals surface area contributed by atoms with E-state index in [0.717, 1.165) is 42.3 Å². The van der Waals surface area contributed by atoms with Gasteiger partial charge in [0.25, 0.3) is 5.91 Å². The third-order valence-corrected chi connectivity index (χ3v) is 6.27. The number of piperidine rings is 1. The maximum Gasteiger partial charge on any atom is 0.253 e. The molecule has 0 spiro atoms. The zero-order valence-electron chi connectivity index (χ0n) is 17.8. The molecule has 31 heavy (non-hydrogen) atoms. The number of hydrogen-bond donors (Lipinski definition) is 0. The second kappa shape index (κ2) is 9.56. The summed E-state index contributed by atoms with van der Waals surface area (Å²) in [5.74, 6) is 0.190. The Morgan fingerprint density at radius 2 is 1.81 bits per heavy atom. The van der Waals surface area contributed by atoms with Crippen LogP contribution in [-0.4, -0.2) is 51.9 Å². The average Bonchev–Trinajstić information content (AvgIpc) is 3.19. The number of aromatic nitrogens is 1. The topological polar surface area (TPSA) is 45.6 Å². The standard InChI is InChI=1S/C25H28ClN3O2/c1-2-13-29(24(30)18-28-14-10-19-8-9-21(26)17-23(19)28)22-11-15-27(16-12-22)25(31)20-6-4-3-5-7-20/h3-10,14,17,22H,2,11-13,15-16,18H2,1H3. The summed E-state index contributed by atoms with van der Waals surface area (Å²) in [6.07, 6.45) is 4.47. The molecule has 6 heteroatoms. The third kappa shape index (κ3) is 4.77. The van der Waals surface area contributed by atoms with Crippen LogP contribution >= 0.6 is 11.6 Å². The monoisotopic (exact) mass is 437 g/mol. The zero-order valence-corrected chi connectivity index (χ0v) is 18.6. The van der Waals surface area contributed by atoms with E-state index in [1.807, 2.05) is 75.2 Å². The van der Waals surface area contributed by atoms with Crippen LogP contribution < -0.4 is 0 Å². The summed E-state index contributed by atoms with van der Waals surface area (Å²) in [5, 5.41) is 1.74. The van der Waals surface area contributed by atoms with E-state index in [2.05, 4.69) is 6.92 Å². The van der Waals surface area contributed by atoms with Gasteiger partial charge < -0.3 is 14.4 Å². The van der Waals surface area contributed by atoms with Crippen LogP contribution in [0.2, 0.25) is 5.02 Å². The molecule has 1 saturated heterocycles. The minimum absolute atomic E-state index is 0.0723. The first-order valence-electron chi connectivity index (χ1n) is 10.9. The van der Waals surface area contributed by atoms with E-state index in [4.69, 9.17) is 11.6 Å². The molecule has 1 aromatic heterocycles. The van der Waals surface area contributed by atoms with Crippen molar-refractivity contribution in [3.05, 3.63) is 71.4 Å². The molecule has 0 saturated carbocycles. The molecule has 0 bridgehead atoms. The number of carbonyl (C=O) groups is 2. The molecule has 5 nitrogen and oxygen atoms in total. The minimum atomic E-state index is 0.0723. The Hall–Kier alpha value is -2.79. The number of amides is 2. The summed E-state index contributed by atoms with van der Waals surface area (Å²) >= 11 is 6.16. The third-order valence-electron chi connectivity index (χ3n) is 6.04. The quantitative estimate of drug-likeness (QED) is 0.554. The molecule has 3 aromatic rings. The van der Waals surface area contributed by atoms with E-state index in [1.54, 1.807) is 0 Å². The number of hydrogen-bond acceptors (Lipinski definition) is 2. The van der Waals surface area contributed by atoms with Crippen molar-refractivity contribution in [2.75, 3.05) is 19.6 Å². The normalized spacial score (nSPS) is 14.7. The van der Waals surface area contributed by atoms with Crippen molar-refractivity contribution < 1.29 is 9.59 Å². The Kier molecular flexibility index (Phi) is 6.62. The van der Waals surface area contributed by atoms with Gasteiger partial charge in [-0.2, -0.15) is 0 Å². The molecule has 162 valence electrons. The minimum Gasteiger partial charge on any atom is -0.338 e. The number of carbonyl (C=O) groups excluding carboxylic acids is 2. The summed E-state index contributed by atoms with van der Waals surface area (Å²) in [7, 11) is 0. The summed E-state index contributed by atoms with van der Waals surface area (Å²) in [5.41, 5.74) is 1.70. The van der Waals surface area contributed by atoms with E-state index in [0.29, 0.717) is 24.7 Å². The summed E-state index contributed by atoms with van der Waals surface area (Å²) in [4.78, 5) is 29.9. The molecule has 1 fully saturated rings. The number of benzene rings is 2. The lowest BCUT2D eigenvalue weighted by Crippen LogP contribution is -2.49. The molecule has 1 aliphatic rings. The predicted octanol–water partition coefficient (Wildman–Crippen LogP) is 4.84. The van der Waals surface area contributed by atoms with E-state index in [1.165, 1.54) is 0 Å². The van der Waals surface area contributed by atoms with E-state index < -0.39 is 0 Å². The molecule has 4 rings (SSSR count). The molecule has 0 unspecified atom stereocenters. The number of rotatable bonds is 6. The lowest BCUT2D eigenvalue weighted by Gasteiger charge is -2.38. The fourth-order valence-electron chi connectivity index (χ4n) is 4.43. The summed E-state index contributed by atoms with van der Waals surface area (Å²) in [6, 6.07) is 17.3. The second-order valence-electron chi connectivity index (χ2n) is 8.12. The molecule has 2 heterocycles. The second-order valence-corrected chi connectivity index (χ2v) is 8.56. The highest BCUT2D eigenvalue weighted by Gasteiger charge is 2.29. The van der Waals surface area contributed by atoms with Gasteiger partial charge in [0, 0.05) is 48.0 Å². The smallest absolute Gasteiger partial charge is 0.253 e. The zero-order chi connectivity index (χ0) is 21.8. The van der Waals surface area contributed by atoms with Crippen LogP contribution in [0.5, 0.6) is 0 Å². The summed E-state index contributed by atoms with van der Waals surface area (Å²) in [6.45, 7) is 4.48. The van der Waals surface area contributed by atoms with E-state index in [-0.39, 0.29) is 17.9 Å². The number of likely N-dealkylation sites (tertiary alicyclic amines) is 1. The van der Waals surface area contributed by atoms with Crippen LogP contribution in [0.3, 0.4) is 0 Å². The largest absolute Gasteiger partial charge is 0.338 e. The molecule has 0 aliphatic carbocycles. The van der Waals surface area contributed by atoms with Crippen molar-refractivity contribution in [2.45, 2.75) is 38.8 Å². The highest BCUT2D eigenvalue weighted by atomic mass is 35.5. The van der Waals surface area contributed by atoms with Gasteiger partial charge in [0.1, 0.15) is 6.54 Å². The Balaban J connectivity index is 1.42. The predicted molar refractivity (Wildman–Crippen MR) is 124 cm³/mol. The fraction of sp³-hybridized carbons (Fsp3) is 0.360. The van der Waals surface area contributed by atoms with Gasteiger partial charge in [0.2, 0.25) is 5.91 Å². The molecule has 2 amide bonds. The van der Waals surface area contributed by atoms with Gasteiger partial charge in [0.05, 0.1) is 0 Å². The van der Waals surface area contributed by atoms with Crippen LogP contribution in [-0.2, 0) is 11.3 Å². The molecule has 0 N–H and O–H groups in total. The molecule has 0 atom stereocenters. The first-order chi connectivity index (χ1) is 15.1. The number of fused-ring (bicyclic) bond motifs is 1. The summed E-state index contributed by atoms with van der Waals surface area (Å²) < 4.78 is 1.97. The van der Waals surface area contributed by atoms with Crippen LogP contribution in [0.25, 0.3) is 10.9 Å². The molecular weight excluding hydrogens is 410 g/mol. The number of halogens is 1. The van der Waals surface area contributed by atoms with Crippen molar-refractivity contribution in [3.8, 4) is 0 Å². The van der Waals surface area contributed by atoms with Crippen molar-refractivity contribution in [1.29, 1.82) is 0 Å². The fourth-order valence-corrected chi connectivity index (χ4v) is 4.59. The van der Waals surface area contributed by atoms with Crippen LogP contribution in [0.4, 0.5) is 0 Å². The molecular formula is C25H28ClN3O2. The van der Waals surface area contributed by atoms with Gasteiger partial charge in [-0.15, -0.1) is 0 Å². The van der Waals surface area contributed by atoms with E-state index >= 15 is 0 Å². The van der Waals surface area contributed by atoms with Gasteiger partial charge in [-0.05, 0) is 55.0 Å². The Morgan fingerprint density at radius 3 is 2.52 bits per heavy atom. The van der Waals surface area contributed by atoms with Gasteiger partial charge in [0.15, 0.2) is 0 Å². The lowest BCUT2D eigenvalue weighted by molar-refractivity contribution is -0.135. The molecule has 1 aliphatic heterocycles. The maximum absolute atomic E-state index is 13.3. The highest BCUT2D eigenvalue weighted by molar-refractivity contribution is 6.31. The van der Waals surface area contributed by atoms with Gasteiger partial charge in [-0.25, -0.2) is 0 Å². The SMILES string of the molecule is CCCN(C(=O)Cn1ccc2ccc(Cl)cc21)C1CCN(C(=O)c2ccccc2)CC1. The first-order valence-corrected chi connectivity index (χ1v) is 11.3. The van der Waals surface area contributed by atoms with Gasteiger partial charge in [-0.1, -0.05) is 42.8 Å². The van der Waals surface area contributed by atoms with E-state index in [9.17, 15) is 9.59 Å². The average molecular weight is 438 g/mol. The highest BCUT2D eigenvalue weighted by Crippen LogP contribution is 2.23. The van der Waals surface area contributed by atoms with Crippen molar-refractivity contribution in [3.63, 3.8) is 0 Å². The van der Waals surface area contributed by atoms with Gasteiger partial charge in [-0.3, -0.25) is 9.59 Å². The lowest BCUT2D eigenvalue weighted by atomic mass is 10.0. The van der Waals surface area contributed by atoms with Crippen LogP contribution in [0, 0.1) is 0 Å².